The number of aryl methyl sites for hydroxylation is 4. The molecule has 2 heterocycles. The Bertz CT molecular complexity index is 1120. The summed E-state index contributed by atoms with van der Waals surface area (Å²) < 4.78 is 7.34. The van der Waals surface area contributed by atoms with Crippen molar-refractivity contribution in [2.45, 2.75) is 53.6 Å². The van der Waals surface area contributed by atoms with Crippen LogP contribution in [0.25, 0.3) is 11.0 Å². The lowest BCUT2D eigenvalue weighted by atomic mass is 9.99. The maximum absolute atomic E-state index is 12.3. The SMILES string of the molecule is Cc1nc2c(c(C)nn2C)c(C)c1CCC(=O)NNC(=O)c1ccc(OC(C)C)cc1. The van der Waals surface area contributed by atoms with Crippen LogP contribution in [0.15, 0.2) is 24.3 Å². The average Bonchev–Trinajstić information content (AvgIpc) is 2.99. The van der Waals surface area contributed by atoms with E-state index in [0.29, 0.717) is 17.7 Å². The first-order valence-electron chi connectivity index (χ1n) is 10.3. The molecule has 2 amide bonds. The third-order valence-corrected chi connectivity index (χ3v) is 5.14. The predicted molar refractivity (Wildman–Crippen MR) is 119 cm³/mol. The Balaban J connectivity index is 1.58. The topological polar surface area (TPSA) is 98.1 Å². The van der Waals surface area contributed by atoms with Gasteiger partial charge in [0.05, 0.1) is 11.8 Å². The maximum Gasteiger partial charge on any atom is 0.269 e. The van der Waals surface area contributed by atoms with E-state index in [1.807, 2.05) is 41.7 Å². The number of ether oxygens (including phenoxy) is 1. The highest BCUT2D eigenvalue weighted by Crippen LogP contribution is 2.25. The lowest BCUT2D eigenvalue weighted by Gasteiger charge is -2.12. The number of carbonyl (C=O) groups excluding carboxylic acids is 2. The van der Waals surface area contributed by atoms with Gasteiger partial charge in [0.15, 0.2) is 5.65 Å². The number of fused-ring (bicyclic) bond motifs is 1. The van der Waals surface area contributed by atoms with E-state index in [1.165, 1.54) is 0 Å². The van der Waals surface area contributed by atoms with Gasteiger partial charge in [0, 0.05) is 30.1 Å². The monoisotopic (exact) mass is 423 g/mol. The summed E-state index contributed by atoms with van der Waals surface area (Å²) >= 11 is 0. The zero-order chi connectivity index (χ0) is 22.7. The van der Waals surface area contributed by atoms with E-state index in [0.717, 1.165) is 33.5 Å². The second-order valence-electron chi connectivity index (χ2n) is 7.90. The molecule has 0 unspecified atom stereocenters. The quantitative estimate of drug-likeness (QED) is 0.594. The smallest absolute Gasteiger partial charge is 0.269 e. The van der Waals surface area contributed by atoms with Gasteiger partial charge in [-0.15, -0.1) is 0 Å². The van der Waals surface area contributed by atoms with Crippen molar-refractivity contribution in [2.75, 3.05) is 0 Å². The molecule has 1 aromatic carbocycles. The summed E-state index contributed by atoms with van der Waals surface area (Å²) in [4.78, 5) is 29.2. The molecule has 0 radical (unpaired) electrons. The minimum Gasteiger partial charge on any atom is -0.491 e. The van der Waals surface area contributed by atoms with E-state index >= 15 is 0 Å². The molecule has 2 N–H and O–H groups in total. The van der Waals surface area contributed by atoms with Crippen LogP contribution in [0.3, 0.4) is 0 Å². The van der Waals surface area contributed by atoms with Gasteiger partial charge in [0.2, 0.25) is 5.91 Å². The van der Waals surface area contributed by atoms with Crippen molar-refractivity contribution < 1.29 is 14.3 Å². The standard InChI is InChI=1S/C23H29N5O3/c1-13(2)31-18-9-7-17(8-10-18)23(30)26-25-20(29)12-11-19-14(3)21-16(5)27-28(6)22(21)24-15(19)4/h7-10,13H,11-12H2,1-6H3,(H,25,29)(H,26,30). The molecular formula is C23H29N5O3. The molecule has 0 saturated carbocycles. The minimum absolute atomic E-state index is 0.0595. The number of rotatable bonds is 6. The van der Waals surface area contributed by atoms with E-state index in [4.69, 9.17) is 4.74 Å². The first-order valence-corrected chi connectivity index (χ1v) is 10.3. The number of nitrogens with zero attached hydrogens (tertiary/aromatic N) is 3. The summed E-state index contributed by atoms with van der Waals surface area (Å²) in [6, 6.07) is 6.77. The van der Waals surface area contributed by atoms with Crippen LogP contribution >= 0.6 is 0 Å². The Labute approximate surface area is 182 Å². The Kier molecular flexibility index (Phi) is 6.58. The van der Waals surface area contributed by atoms with Gasteiger partial charge in [-0.2, -0.15) is 5.10 Å². The number of nitrogens with one attached hydrogen (secondary N) is 2. The van der Waals surface area contributed by atoms with Gasteiger partial charge in [-0.3, -0.25) is 25.1 Å². The molecule has 8 heteroatoms. The zero-order valence-electron chi connectivity index (χ0n) is 18.9. The van der Waals surface area contributed by atoms with Crippen molar-refractivity contribution >= 4 is 22.8 Å². The summed E-state index contributed by atoms with van der Waals surface area (Å²) in [5.74, 6) is 0.0385. The lowest BCUT2D eigenvalue weighted by Crippen LogP contribution is -2.41. The summed E-state index contributed by atoms with van der Waals surface area (Å²) in [6.07, 6.45) is 0.817. The fourth-order valence-corrected chi connectivity index (χ4v) is 3.69. The zero-order valence-corrected chi connectivity index (χ0v) is 18.9. The highest BCUT2D eigenvalue weighted by Gasteiger charge is 2.16. The van der Waals surface area contributed by atoms with Gasteiger partial charge in [-0.05, 0) is 76.4 Å². The Morgan fingerprint density at radius 3 is 2.39 bits per heavy atom. The fourth-order valence-electron chi connectivity index (χ4n) is 3.69. The number of carbonyl (C=O) groups is 2. The van der Waals surface area contributed by atoms with Crippen molar-refractivity contribution in [3.63, 3.8) is 0 Å². The van der Waals surface area contributed by atoms with Crippen LogP contribution in [-0.4, -0.2) is 32.7 Å². The van der Waals surface area contributed by atoms with Gasteiger partial charge in [-0.25, -0.2) is 4.98 Å². The Morgan fingerprint density at radius 1 is 1.06 bits per heavy atom. The maximum atomic E-state index is 12.3. The summed E-state index contributed by atoms with van der Waals surface area (Å²) in [5, 5.41) is 5.47. The lowest BCUT2D eigenvalue weighted by molar-refractivity contribution is -0.121. The Morgan fingerprint density at radius 2 is 1.74 bits per heavy atom. The third-order valence-electron chi connectivity index (χ3n) is 5.14. The van der Waals surface area contributed by atoms with E-state index < -0.39 is 0 Å². The molecule has 0 saturated heterocycles. The molecule has 0 aliphatic carbocycles. The molecular weight excluding hydrogens is 394 g/mol. The number of hydrogen-bond acceptors (Lipinski definition) is 5. The van der Waals surface area contributed by atoms with Crippen LogP contribution < -0.4 is 15.6 Å². The number of hydrazine groups is 1. The normalized spacial score (nSPS) is 11.1. The van der Waals surface area contributed by atoms with Crippen molar-refractivity contribution in [3.05, 3.63) is 52.3 Å². The molecule has 0 fully saturated rings. The van der Waals surface area contributed by atoms with Crippen LogP contribution in [0.5, 0.6) is 5.75 Å². The molecule has 31 heavy (non-hydrogen) atoms. The van der Waals surface area contributed by atoms with E-state index in [-0.39, 0.29) is 24.3 Å². The summed E-state index contributed by atoms with van der Waals surface area (Å²) in [6.45, 7) is 9.81. The van der Waals surface area contributed by atoms with Gasteiger partial charge < -0.3 is 4.74 Å². The second kappa shape index (κ2) is 9.16. The highest BCUT2D eigenvalue weighted by molar-refractivity contribution is 5.95. The minimum atomic E-state index is -0.383. The molecule has 3 aromatic rings. The van der Waals surface area contributed by atoms with Crippen LogP contribution in [0.1, 0.15) is 53.1 Å². The highest BCUT2D eigenvalue weighted by atomic mass is 16.5. The van der Waals surface area contributed by atoms with Crippen LogP contribution in [0.2, 0.25) is 0 Å². The average molecular weight is 424 g/mol. The van der Waals surface area contributed by atoms with Crippen molar-refractivity contribution in [1.29, 1.82) is 0 Å². The number of pyridine rings is 1. The van der Waals surface area contributed by atoms with Crippen LogP contribution in [0.4, 0.5) is 0 Å². The first-order chi connectivity index (χ1) is 14.7. The summed E-state index contributed by atoms with van der Waals surface area (Å²) in [7, 11) is 1.88. The van der Waals surface area contributed by atoms with Crippen molar-refractivity contribution in [2.24, 2.45) is 7.05 Å². The van der Waals surface area contributed by atoms with Gasteiger partial charge >= 0.3 is 0 Å². The summed E-state index contributed by atoms with van der Waals surface area (Å²) in [5.41, 5.74) is 10.2. The van der Waals surface area contributed by atoms with Gasteiger partial charge in [0.1, 0.15) is 5.75 Å². The predicted octanol–water partition coefficient (Wildman–Crippen LogP) is 3.07. The van der Waals surface area contributed by atoms with Gasteiger partial charge in [0.25, 0.3) is 5.91 Å². The number of amides is 2. The van der Waals surface area contributed by atoms with Crippen LogP contribution in [0, 0.1) is 20.8 Å². The van der Waals surface area contributed by atoms with Crippen LogP contribution in [-0.2, 0) is 18.3 Å². The largest absolute Gasteiger partial charge is 0.491 e. The molecule has 0 spiro atoms. The van der Waals surface area contributed by atoms with Crippen molar-refractivity contribution in [3.8, 4) is 5.75 Å². The molecule has 3 rings (SSSR count). The molecule has 0 aliphatic heterocycles. The molecule has 0 bridgehead atoms. The van der Waals surface area contributed by atoms with E-state index in [1.54, 1.807) is 28.9 Å². The fraction of sp³-hybridized carbons (Fsp3) is 0.391. The molecule has 8 nitrogen and oxygen atoms in total. The van der Waals surface area contributed by atoms with Gasteiger partial charge in [-0.1, -0.05) is 0 Å². The molecule has 2 aromatic heterocycles. The number of aromatic nitrogens is 3. The van der Waals surface area contributed by atoms with Crippen molar-refractivity contribution in [1.82, 2.24) is 25.6 Å². The molecule has 0 atom stereocenters. The Hall–Kier alpha value is -3.42. The first kappa shape index (κ1) is 22.3. The molecule has 164 valence electrons. The molecule has 0 aliphatic rings. The van der Waals surface area contributed by atoms with E-state index in [2.05, 4.69) is 20.9 Å². The third kappa shape index (κ3) is 5.02. The number of benzene rings is 1. The number of hydrogen-bond donors (Lipinski definition) is 2. The van der Waals surface area contributed by atoms with E-state index in [9.17, 15) is 9.59 Å². The second-order valence-corrected chi connectivity index (χ2v) is 7.90.